The van der Waals surface area contributed by atoms with E-state index in [0.29, 0.717) is 18.7 Å². The molecule has 3 rings (SSSR count). The van der Waals surface area contributed by atoms with Crippen molar-refractivity contribution >= 4 is 11.9 Å². The average Bonchev–Trinajstić information content (AvgIpc) is 2.72. The number of rotatable bonds is 5. The molecule has 1 fully saturated rings. The Morgan fingerprint density at radius 1 is 1.14 bits per heavy atom. The van der Waals surface area contributed by atoms with Crippen molar-refractivity contribution in [1.29, 1.82) is 0 Å². The van der Waals surface area contributed by atoms with Crippen molar-refractivity contribution in [3.63, 3.8) is 0 Å². The highest BCUT2D eigenvalue weighted by Gasteiger charge is 2.25. The fourth-order valence-electron chi connectivity index (χ4n) is 3.81. The van der Waals surface area contributed by atoms with Crippen LogP contribution in [0, 0.1) is 6.92 Å². The summed E-state index contributed by atoms with van der Waals surface area (Å²) < 4.78 is 0. The van der Waals surface area contributed by atoms with Gasteiger partial charge in [0.2, 0.25) is 0 Å². The van der Waals surface area contributed by atoms with Gasteiger partial charge in [0.05, 0.1) is 0 Å². The normalized spacial score (nSPS) is 16.6. The third kappa shape index (κ3) is 5.83. The third-order valence-corrected chi connectivity index (χ3v) is 5.28. The Morgan fingerprint density at radius 3 is 2.69 bits per heavy atom. The second kappa shape index (κ2) is 9.59. The number of likely N-dealkylation sites (tertiary alicyclic amines) is 1. The first-order valence-corrected chi connectivity index (χ1v) is 10.4. The number of amides is 3. The van der Waals surface area contributed by atoms with Crippen LogP contribution in [-0.4, -0.2) is 36.0 Å². The van der Waals surface area contributed by atoms with Gasteiger partial charge in [-0.3, -0.25) is 4.79 Å². The van der Waals surface area contributed by atoms with Crippen LogP contribution in [0.5, 0.6) is 0 Å². The van der Waals surface area contributed by atoms with Gasteiger partial charge in [0.25, 0.3) is 5.91 Å². The van der Waals surface area contributed by atoms with E-state index in [-0.39, 0.29) is 23.9 Å². The minimum Gasteiger partial charge on any atom is -0.348 e. The van der Waals surface area contributed by atoms with Crippen LogP contribution in [-0.2, 0) is 6.54 Å². The molecule has 5 nitrogen and oxygen atoms in total. The summed E-state index contributed by atoms with van der Waals surface area (Å²) in [5, 5.41) is 5.98. The van der Waals surface area contributed by atoms with Gasteiger partial charge < -0.3 is 15.5 Å². The first-order valence-electron chi connectivity index (χ1n) is 10.4. The topological polar surface area (TPSA) is 61.4 Å². The average molecular weight is 394 g/mol. The van der Waals surface area contributed by atoms with Crippen molar-refractivity contribution in [2.24, 2.45) is 0 Å². The molecule has 1 aliphatic heterocycles. The number of nitrogens with one attached hydrogen (secondary N) is 2. The highest BCUT2D eigenvalue weighted by atomic mass is 16.2. The summed E-state index contributed by atoms with van der Waals surface area (Å²) in [6.45, 7) is 7.97. The molecule has 2 aromatic carbocycles. The van der Waals surface area contributed by atoms with E-state index in [9.17, 15) is 9.59 Å². The summed E-state index contributed by atoms with van der Waals surface area (Å²) in [5.74, 6) is 0.185. The molecule has 2 N–H and O–H groups in total. The number of benzene rings is 2. The zero-order valence-electron chi connectivity index (χ0n) is 17.6. The van der Waals surface area contributed by atoms with Crippen LogP contribution in [0.25, 0.3) is 0 Å². The van der Waals surface area contributed by atoms with Crippen LogP contribution < -0.4 is 10.6 Å². The molecule has 29 heavy (non-hydrogen) atoms. The van der Waals surface area contributed by atoms with E-state index in [0.717, 1.165) is 30.5 Å². The van der Waals surface area contributed by atoms with Gasteiger partial charge in [-0.1, -0.05) is 42.0 Å². The molecule has 1 aliphatic rings. The molecule has 154 valence electrons. The standard InChI is InChI=1S/C24H31N3O2/c1-17(2)26-24(29)27-12-6-11-22(16-27)20-9-5-10-21(14-20)23(28)25-15-19-8-4-7-18(3)13-19/h4-5,7-10,13-14,17,22H,6,11-12,15-16H2,1-3H3,(H,25,28)(H,26,29)/t22-/m0/s1. The highest BCUT2D eigenvalue weighted by Crippen LogP contribution is 2.27. The smallest absolute Gasteiger partial charge is 0.317 e. The van der Waals surface area contributed by atoms with Gasteiger partial charge in [0.1, 0.15) is 0 Å². The van der Waals surface area contributed by atoms with Crippen LogP contribution in [0.1, 0.15) is 59.7 Å². The van der Waals surface area contributed by atoms with E-state index in [2.05, 4.69) is 22.8 Å². The molecule has 0 aromatic heterocycles. The fraction of sp³-hybridized carbons (Fsp3) is 0.417. The Labute approximate surface area is 173 Å². The molecule has 2 aromatic rings. The van der Waals surface area contributed by atoms with Crippen LogP contribution in [0.15, 0.2) is 48.5 Å². The SMILES string of the molecule is Cc1cccc(CNC(=O)c2cccc([C@H]3CCCN(C(=O)NC(C)C)C3)c2)c1. The molecule has 0 bridgehead atoms. The Kier molecular flexibility index (Phi) is 6.91. The molecule has 1 atom stereocenters. The number of hydrogen-bond acceptors (Lipinski definition) is 2. The van der Waals surface area contributed by atoms with Crippen LogP contribution >= 0.6 is 0 Å². The van der Waals surface area contributed by atoms with Crippen molar-refractivity contribution in [1.82, 2.24) is 15.5 Å². The molecule has 0 unspecified atom stereocenters. The van der Waals surface area contributed by atoms with Gasteiger partial charge in [0.15, 0.2) is 0 Å². The van der Waals surface area contributed by atoms with E-state index in [1.807, 2.05) is 62.1 Å². The predicted octanol–water partition coefficient (Wildman–Crippen LogP) is 4.22. The molecule has 0 spiro atoms. The largest absolute Gasteiger partial charge is 0.348 e. The molecular weight excluding hydrogens is 362 g/mol. The highest BCUT2D eigenvalue weighted by molar-refractivity contribution is 5.94. The van der Waals surface area contributed by atoms with Gasteiger partial charge in [-0.2, -0.15) is 0 Å². The quantitative estimate of drug-likeness (QED) is 0.799. The van der Waals surface area contributed by atoms with Gasteiger partial charge in [-0.05, 0) is 56.9 Å². The summed E-state index contributed by atoms with van der Waals surface area (Å²) >= 11 is 0. The van der Waals surface area contributed by atoms with Crippen LogP contribution in [0.2, 0.25) is 0 Å². The molecule has 5 heteroatoms. The summed E-state index contributed by atoms with van der Waals surface area (Å²) in [7, 11) is 0. The number of piperidine rings is 1. The summed E-state index contributed by atoms with van der Waals surface area (Å²) in [6.07, 6.45) is 2.00. The number of urea groups is 1. The van der Waals surface area contributed by atoms with Gasteiger partial charge in [-0.15, -0.1) is 0 Å². The summed E-state index contributed by atoms with van der Waals surface area (Å²) in [5.41, 5.74) is 4.06. The van der Waals surface area contributed by atoms with Crippen molar-refractivity contribution in [2.75, 3.05) is 13.1 Å². The molecule has 0 radical (unpaired) electrons. The van der Waals surface area contributed by atoms with Crippen LogP contribution in [0.3, 0.4) is 0 Å². The lowest BCUT2D eigenvalue weighted by atomic mass is 9.89. The zero-order chi connectivity index (χ0) is 20.8. The second-order valence-electron chi connectivity index (χ2n) is 8.19. The molecule has 1 heterocycles. The predicted molar refractivity (Wildman–Crippen MR) is 116 cm³/mol. The van der Waals surface area contributed by atoms with E-state index in [4.69, 9.17) is 0 Å². The Bertz CT molecular complexity index is 863. The maximum atomic E-state index is 12.6. The Morgan fingerprint density at radius 2 is 1.93 bits per heavy atom. The number of nitrogens with zero attached hydrogens (tertiary/aromatic N) is 1. The number of aryl methyl sites for hydroxylation is 1. The minimum absolute atomic E-state index is 0.00301. The molecular formula is C24H31N3O2. The van der Waals surface area contributed by atoms with Gasteiger partial charge in [0, 0.05) is 37.2 Å². The van der Waals surface area contributed by atoms with E-state index in [1.165, 1.54) is 5.56 Å². The lowest BCUT2D eigenvalue weighted by Gasteiger charge is -2.33. The van der Waals surface area contributed by atoms with E-state index in [1.54, 1.807) is 0 Å². The monoisotopic (exact) mass is 393 g/mol. The third-order valence-electron chi connectivity index (χ3n) is 5.28. The summed E-state index contributed by atoms with van der Waals surface area (Å²) in [6, 6.07) is 16.1. The first kappa shape index (κ1) is 20.9. The summed E-state index contributed by atoms with van der Waals surface area (Å²) in [4.78, 5) is 26.9. The Hall–Kier alpha value is -2.82. The van der Waals surface area contributed by atoms with E-state index < -0.39 is 0 Å². The minimum atomic E-state index is -0.0708. The molecule has 3 amide bonds. The van der Waals surface area contributed by atoms with E-state index >= 15 is 0 Å². The Balaban J connectivity index is 1.63. The van der Waals surface area contributed by atoms with Crippen molar-refractivity contribution in [2.45, 2.75) is 52.1 Å². The molecule has 0 saturated carbocycles. The zero-order valence-corrected chi connectivity index (χ0v) is 17.6. The van der Waals surface area contributed by atoms with Crippen molar-refractivity contribution < 1.29 is 9.59 Å². The number of hydrogen-bond donors (Lipinski definition) is 2. The van der Waals surface area contributed by atoms with Crippen LogP contribution in [0.4, 0.5) is 4.79 Å². The fourth-order valence-corrected chi connectivity index (χ4v) is 3.81. The van der Waals surface area contributed by atoms with Gasteiger partial charge >= 0.3 is 6.03 Å². The lowest BCUT2D eigenvalue weighted by molar-refractivity contribution is 0.0950. The maximum absolute atomic E-state index is 12.6. The number of carbonyl (C=O) groups excluding carboxylic acids is 2. The number of carbonyl (C=O) groups is 2. The molecule has 0 aliphatic carbocycles. The van der Waals surface area contributed by atoms with Crippen molar-refractivity contribution in [3.8, 4) is 0 Å². The van der Waals surface area contributed by atoms with Crippen molar-refractivity contribution in [3.05, 3.63) is 70.8 Å². The second-order valence-corrected chi connectivity index (χ2v) is 8.19. The maximum Gasteiger partial charge on any atom is 0.317 e. The first-order chi connectivity index (χ1) is 13.9. The molecule has 1 saturated heterocycles. The lowest BCUT2D eigenvalue weighted by Crippen LogP contribution is -2.47. The van der Waals surface area contributed by atoms with Gasteiger partial charge in [-0.25, -0.2) is 4.79 Å².